The average Bonchev–Trinajstić information content (AvgIpc) is 1.64. The van der Waals surface area contributed by atoms with Crippen LogP contribution >= 0.6 is 45.6 Å². The number of carbonyl (C=O) groups is 3. The summed E-state index contributed by atoms with van der Waals surface area (Å²) in [5.74, 6) is 5.15. The second-order valence-corrected chi connectivity index (χ2v) is 32.6. The molecule has 3 fully saturated rings. The highest BCUT2D eigenvalue weighted by Gasteiger charge is 2.34. The maximum absolute atomic E-state index is 14.7. The number of ketones is 3. The number of phenols is 1. The highest BCUT2D eigenvalue weighted by Crippen LogP contribution is 2.47. The van der Waals surface area contributed by atoms with E-state index in [1.54, 1.807) is 42.5 Å². The van der Waals surface area contributed by atoms with Crippen LogP contribution in [0.5, 0.6) is 51.7 Å². The number of fused-ring (bicyclic) bond motifs is 3. The molecule has 0 radical (unpaired) electrons. The molecular formula is C88H83ClFN3O9S3. The van der Waals surface area contributed by atoms with E-state index in [1.165, 1.54) is 58.1 Å². The van der Waals surface area contributed by atoms with Gasteiger partial charge in [-0.25, -0.2) is 4.39 Å². The van der Waals surface area contributed by atoms with Gasteiger partial charge in [-0.1, -0.05) is 98.6 Å². The Kier molecular flexibility index (Phi) is 20.9. The van der Waals surface area contributed by atoms with Crippen molar-refractivity contribution in [1.29, 1.82) is 0 Å². The summed E-state index contributed by atoms with van der Waals surface area (Å²) < 4.78 is 50.8. The Bertz CT molecular complexity index is 5260. The van der Waals surface area contributed by atoms with Crippen LogP contribution in [0, 0.1) is 51.3 Å². The van der Waals surface area contributed by atoms with Gasteiger partial charge in [0.1, 0.15) is 67.2 Å². The lowest BCUT2D eigenvalue weighted by Crippen LogP contribution is -2.27. The molecule has 3 aliphatic heterocycles. The van der Waals surface area contributed by atoms with Crippen LogP contribution in [0.1, 0.15) is 112 Å². The molecule has 12 aromatic rings. The first-order valence-electron chi connectivity index (χ1n) is 36.2. The summed E-state index contributed by atoms with van der Waals surface area (Å²) in [7, 11) is 0. The lowest BCUT2D eigenvalue weighted by molar-refractivity contribution is 0.103. The Balaban J connectivity index is 0.578. The molecule has 0 spiro atoms. The van der Waals surface area contributed by atoms with E-state index in [0.29, 0.717) is 82.2 Å². The molecule has 15 rings (SSSR count). The number of hydrogen-bond acceptors (Lipinski definition) is 15. The Morgan fingerprint density at radius 3 is 1.33 bits per heavy atom. The summed E-state index contributed by atoms with van der Waals surface area (Å²) in [6.45, 7) is 22.7. The van der Waals surface area contributed by atoms with E-state index in [0.717, 1.165) is 148 Å². The van der Waals surface area contributed by atoms with Crippen molar-refractivity contribution in [1.82, 2.24) is 14.7 Å². The number of aryl methyl sites for hydroxylation is 4. The summed E-state index contributed by atoms with van der Waals surface area (Å²) in [4.78, 5) is 51.9. The van der Waals surface area contributed by atoms with Crippen molar-refractivity contribution in [3.63, 3.8) is 0 Å². The molecule has 3 aliphatic rings. The standard InChI is InChI=1S/C88H83ClFN3O9S3/c1-51-8-27-69(54(4)40-51)80(95)87-84(72-30-25-67(44-78(72)104-87)98-75-49-92(47-56(75)6)38-34-59-12-21-64(22-13-59)100-83-71-29-18-63(94)43-77(71)103-86(83)81(96)70-28-16-61(89)41-55(70)5)101-65-23-14-60(15-24-65)35-39-93-48-57(7)76(50-93)99-68-26-31-73-79(45-68)105-88(82(97)74-42-62(90)17-9-53(74)3)85(73)102-66-19-10-58(11-20-66)33-37-91-36-32-52(2)46-91/h8-31,40-45,52,56-57,75-76,94H,32-39,46-50H2,1-7H3/t52-,56+,57+,75?,76?/m0/s1. The highest BCUT2D eigenvalue weighted by atomic mass is 35.5. The van der Waals surface area contributed by atoms with Crippen LogP contribution in [0.15, 0.2) is 182 Å². The van der Waals surface area contributed by atoms with Crippen molar-refractivity contribution in [3.05, 3.63) is 263 Å². The quantitative estimate of drug-likeness (QED) is 0.0547. The van der Waals surface area contributed by atoms with E-state index in [1.807, 2.05) is 119 Å². The van der Waals surface area contributed by atoms with Gasteiger partial charge < -0.3 is 33.7 Å². The van der Waals surface area contributed by atoms with Crippen LogP contribution < -0.4 is 23.7 Å². The molecule has 12 nitrogen and oxygen atoms in total. The molecule has 1 N–H and O–H groups in total. The smallest absolute Gasteiger partial charge is 0.207 e. The fraction of sp³-hybridized carbons (Fsp3) is 0.284. The molecule has 0 amide bonds. The topological polar surface area (TPSA) is 127 Å². The van der Waals surface area contributed by atoms with Gasteiger partial charge >= 0.3 is 0 Å². The van der Waals surface area contributed by atoms with Gasteiger partial charge in [0, 0.05) is 116 Å². The van der Waals surface area contributed by atoms with E-state index in [2.05, 4.69) is 71.9 Å². The van der Waals surface area contributed by atoms with Crippen LogP contribution in [0.25, 0.3) is 30.3 Å². The van der Waals surface area contributed by atoms with Crippen LogP contribution in [0.3, 0.4) is 0 Å². The molecule has 5 atom stereocenters. The summed E-state index contributed by atoms with van der Waals surface area (Å²) in [6.07, 6.45) is 3.73. The zero-order chi connectivity index (χ0) is 72.7. The molecule has 0 saturated carbocycles. The van der Waals surface area contributed by atoms with Gasteiger partial charge in [-0.3, -0.25) is 24.2 Å². The van der Waals surface area contributed by atoms with Crippen LogP contribution in [-0.4, -0.2) is 108 Å². The SMILES string of the molecule is Cc1ccc(C(=O)c2sc3cc(OC4CN(CCc5ccc(Oc6c(C(=O)c7ccc(Cl)cc7C)sc7cc(O)ccc67)cc5)C[C@H]4C)ccc3c2Oc2ccc(CCN3CC(Oc4ccc5c(Oc6ccc(CCN7CC[C@H](C)C7)cc6)c(C(=O)c6cc(F)ccc6C)sc5c4)[C@H](C)C3)cc2)c(C)c1. The Morgan fingerprint density at radius 2 is 0.876 bits per heavy atom. The number of carbonyl (C=O) groups excluding carboxylic acids is 3. The summed E-state index contributed by atoms with van der Waals surface area (Å²) in [6, 6.07) is 56.9. The minimum Gasteiger partial charge on any atom is -0.508 e. The largest absolute Gasteiger partial charge is 0.508 e. The number of nitrogens with zero attached hydrogens (tertiary/aromatic N) is 3. The van der Waals surface area contributed by atoms with Crippen molar-refractivity contribution in [2.24, 2.45) is 17.8 Å². The summed E-state index contributed by atoms with van der Waals surface area (Å²) >= 11 is 10.3. The van der Waals surface area contributed by atoms with Gasteiger partial charge in [-0.2, -0.15) is 0 Å². The Hall–Kier alpha value is -9.23. The van der Waals surface area contributed by atoms with Gasteiger partial charge in [-0.15, -0.1) is 34.0 Å². The fourth-order valence-electron chi connectivity index (χ4n) is 14.9. The van der Waals surface area contributed by atoms with Crippen molar-refractivity contribution < 1.29 is 47.6 Å². The molecule has 0 aliphatic carbocycles. The minimum atomic E-state index is -0.465. The van der Waals surface area contributed by atoms with Gasteiger partial charge in [0.2, 0.25) is 17.3 Å². The lowest BCUT2D eigenvalue weighted by atomic mass is 10.0. The van der Waals surface area contributed by atoms with E-state index in [-0.39, 0.29) is 47.1 Å². The first kappa shape index (κ1) is 71.4. The van der Waals surface area contributed by atoms with Gasteiger partial charge in [0.05, 0.1) is 0 Å². The third-order valence-corrected chi connectivity index (χ3v) is 24.5. The predicted octanol–water partition coefficient (Wildman–Crippen LogP) is 20.9. The monoisotopic (exact) mass is 1480 g/mol. The minimum absolute atomic E-state index is 0.0463. The lowest BCUT2D eigenvalue weighted by Gasteiger charge is -2.18. The second-order valence-electron chi connectivity index (χ2n) is 29.0. The number of aromatic hydroxyl groups is 1. The highest BCUT2D eigenvalue weighted by molar-refractivity contribution is 7.22. The molecule has 17 heteroatoms. The second kappa shape index (κ2) is 30.7. The predicted molar refractivity (Wildman–Crippen MR) is 422 cm³/mol. The molecule has 3 saturated heterocycles. The maximum Gasteiger partial charge on any atom is 0.207 e. The van der Waals surface area contributed by atoms with Crippen molar-refractivity contribution in [2.45, 2.75) is 86.4 Å². The first-order valence-corrected chi connectivity index (χ1v) is 39.0. The van der Waals surface area contributed by atoms with E-state index in [9.17, 15) is 23.9 Å². The van der Waals surface area contributed by atoms with Crippen LogP contribution in [0.2, 0.25) is 5.02 Å². The fourth-order valence-corrected chi connectivity index (χ4v) is 18.5. The van der Waals surface area contributed by atoms with Crippen molar-refractivity contribution in [3.8, 4) is 51.7 Å². The van der Waals surface area contributed by atoms with Gasteiger partial charge in [0.25, 0.3) is 0 Å². The number of ether oxygens (including phenoxy) is 5. The number of benzene rings is 9. The number of thiophene rings is 3. The molecule has 0 bridgehead atoms. The average molecular weight is 1480 g/mol. The molecule has 6 heterocycles. The normalized spacial score (nSPS) is 17.9. The van der Waals surface area contributed by atoms with E-state index >= 15 is 0 Å². The molecular weight excluding hydrogens is 1390 g/mol. The summed E-state index contributed by atoms with van der Waals surface area (Å²) in [5.41, 5.74) is 8.49. The molecule has 9 aromatic carbocycles. The summed E-state index contributed by atoms with van der Waals surface area (Å²) in [5, 5.41) is 13.2. The number of halogens is 2. The van der Waals surface area contributed by atoms with Gasteiger partial charge in [0.15, 0.2) is 17.2 Å². The number of phenolic OH excluding ortho intramolecular Hbond substituents is 1. The van der Waals surface area contributed by atoms with E-state index < -0.39 is 5.82 Å². The van der Waals surface area contributed by atoms with Crippen molar-refractivity contribution >= 4 is 93.2 Å². The van der Waals surface area contributed by atoms with Crippen LogP contribution in [0.4, 0.5) is 4.39 Å². The van der Waals surface area contributed by atoms with Crippen LogP contribution in [-0.2, 0) is 19.3 Å². The Labute approximate surface area is 629 Å². The van der Waals surface area contributed by atoms with Crippen molar-refractivity contribution in [2.75, 3.05) is 58.9 Å². The maximum atomic E-state index is 14.7. The zero-order valence-corrected chi connectivity index (χ0v) is 63.1. The molecule has 2 unspecified atom stereocenters. The third kappa shape index (κ3) is 15.9. The zero-order valence-electron chi connectivity index (χ0n) is 59.9. The first-order chi connectivity index (χ1) is 50.7. The molecule has 536 valence electrons. The van der Waals surface area contributed by atoms with Gasteiger partial charge in [-0.05, 0) is 221 Å². The molecule has 105 heavy (non-hydrogen) atoms. The number of rotatable bonds is 25. The number of likely N-dealkylation sites (tertiary alicyclic amines) is 3. The third-order valence-electron chi connectivity index (χ3n) is 20.9. The molecule has 3 aromatic heterocycles. The number of hydrogen-bond donors (Lipinski definition) is 1. The Morgan fingerprint density at radius 1 is 0.448 bits per heavy atom. The van der Waals surface area contributed by atoms with E-state index in [4.69, 9.17) is 35.3 Å².